The van der Waals surface area contributed by atoms with E-state index >= 15 is 0 Å². The lowest BCUT2D eigenvalue weighted by Crippen LogP contribution is -2.33. The topological polar surface area (TPSA) is 46.2 Å². The van der Waals surface area contributed by atoms with E-state index < -0.39 is 9.84 Å². The van der Waals surface area contributed by atoms with Crippen molar-refractivity contribution in [2.75, 3.05) is 18.6 Å². The van der Waals surface area contributed by atoms with Crippen LogP contribution in [0.5, 0.6) is 0 Å². The summed E-state index contributed by atoms with van der Waals surface area (Å²) >= 11 is 0. The number of sulfone groups is 1. The second-order valence-corrected chi connectivity index (χ2v) is 5.49. The second-order valence-electron chi connectivity index (χ2n) is 3.30. The molecule has 0 aromatic rings. The van der Waals surface area contributed by atoms with Crippen LogP contribution in [0, 0.1) is 0 Å². The van der Waals surface area contributed by atoms with Crippen molar-refractivity contribution in [1.82, 2.24) is 5.32 Å². The van der Waals surface area contributed by atoms with Gasteiger partial charge in [0.25, 0.3) is 0 Å². The first kappa shape index (κ1) is 11.9. The maximum atomic E-state index is 10.8. The molecule has 0 saturated heterocycles. The molecule has 4 heteroatoms. The van der Waals surface area contributed by atoms with E-state index in [-0.39, 0.29) is 11.8 Å². The molecule has 0 bridgehead atoms. The molecule has 0 saturated carbocycles. The highest BCUT2D eigenvalue weighted by atomic mass is 32.2. The molecule has 74 valence electrons. The van der Waals surface area contributed by atoms with Gasteiger partial charge in [0.05, 0.1) is 5.75 Å². The number of nitrogens with one attached hydrogen (secondary N) is 1. The molecule has 0 radical (unpaired) electrons. The zero-order valence-electron chi connectivity index (χ0n) is 8.13. The van der Waals surface area contributed by atoms with Crippen LogP contribution in [0.15, 0.2) is 0 Å². The van der Waals surface area contributed by atoms with Gasteiger partial charge in [0.15, 0.2) is 0 Å². The van der Waals surface area contributed by atoms with Gasteiger partial charge in [0.1, 0.15) is 9.84 Å². The van der Waals surface area contributed by atoms with Crippen molar-refractivity contribution in [3.05, 3.63) is 0 Å². The average Bonchev–Trinajstić information content (AvgIpc) is 1.84. The molecule has 0 heterocycles. The molecule has 1 atom stereocenters. The molecule has 0 amide bonds. The highest BCUT2D eigenvalue weighted by Gasteiger charge is 2.08. The van der Waals surface area contributed by atoms with Gasteiger partial charge in [-0.15, -0.1) is 0 Å². The van der Waals surface area contributed by atoms with Gasteiger partial charge in [0, 0.05) is 12.3 Å². The molecule has 0 aliphatic rings. The SMILES string of the molecule is CCCCNC(C)CS(C)(=O)=O. The van der Waals surface area contributed by atoms with E-state index in [4.69, 9.17) is 0 Å². The maximum absolute atomic E-state index is 10.8. The standard InChI is InChI=1S/C8H19NO2S/c1-4-5-6-9-8(2)7-12(3,10)11/h8-9H,4-7H2,1-3H3. The number of hydrogen-bond donors (Lipinski definition) is 1. The molecule has 12 heavy (non-hydrogen) atoms. The Hall–Kier alpha value is -0.0900. The van der Waals surface area contributed by atoms with E-state index in [1.165, 1.54) is 6.26 Å². The van der Waals surface area contributed by atoms with Crippen molar-refractivity contribution in [3.8, 4) is 0 Å². The minimum Gasteiger partial charge on any atom is -0.313 e. The minimum absolute atomic E-state index is 0.0755. The summed E-state index contributed by atoms with van der Waals surface area (Å²) in [6.45, 7) is 4.92. The Labute approximate surface area is 75.5 Å². The van der Waals surface area contributed by atoms with Crippen molar-refractivity contribution in [2.45, 2.75) is 32.7 Å². The lowest BCUT2D eigenvalue weighted by molar-refractivity contribution is 0.549. The average molecular weight is 193 g/mol. The first-order chi connectivity index (χ1) is 5.45. The highest BCUT2D eigenvalue weighted by molar-refractivity contribution is 7.90. The number of hydrogen-bond acceptors (Lipinski definition) is 3. The van der Waals surface area contributed by atoms with E-state index in [1.54, 1.807) is 0 Å². The Bertz CT molecular complexity index is 199. The fourth-order valence-corrected chi connectivity index (χ4v) is 2.06. The molecule has 0 spiro atoms. The van der Waals surface area contributed by atoms with E-state index in [0.717, 1.165) is 19.4 Å². The highest BCUT2D eigenvalue weighted by Crippen LogP contribution is 1.91. The van der Waals surface area contributed by atoms with Gasteiger partial charge in [-0.1, -0.05) is 13.3 Å². The summed E-state index contributed by atoms with van der Waals surface area (Å²) in [5.41, 5.74) is 0. The molecule has 1 N–H and O–H groups in total. The van der Waals surface area contributed by atoms with Crippen molar-refractivity contribution in [3.63, 3.8) is 0 Å². The van der Waals surface area contributed by atoms with Gasteiger partial charge < -0.3 is 5.32 Å². The zero-order valence-corrected chi connectivity index (χ0v) is 8.95. The Balaban J connectivity index is 3.53. The monoisotopic (exact) mass is 193 g/mol. The normalized spacial score (nSPS) is 14.6. The molecule has 3 nitrogen and oxygen atoms in total. The summed E-state index contributed by atoms with van der Waals surface area (Å²) in [6.07, 6.45) is 3.51. The molecular weight excluding hydrogens is 174 g/mol. The minimum atomic E-state index is -2.82. The van der Waals surface area contributed by atoms with Crippen LogP contribution in [0.3, 0.4) is 0 Å². The first-order valence-corrected chi connectivity index (χ1v) is 6.43. The number of rotatable bonds is 6. The summed E-state index contributed by atoms with van der Waals surface area (Å²) in [7, 11) is -2.82. The van der Waals surface area contributed by atoms with Gasteiger partial charge in [-0.2, -0.15) is 0 Å². The predicted octanol–water partition coefficient (Wildman–Crippen LogP) is 0.809. The molecule has 0 rings (SSSR count). The quantitative estimate of drug-likeness (QED) is 0.635. The summed E-state index contributed by atoms with van der Waals surface area (Å²) in [5, 5.41) is 3.16. The van der Waals surface area contributed by atoms with Crippen molar-refractivity contribution in [1.29, 1.82) is 0 Å². The van der Waals surface area contributed by atoms with E-state index in [0.29, 0.717) is 0 Å². The van der Waals surface area contributed by atoms with Crippen LogP contribution in [0.25, 0.3) is 0 Å². The van der Waals surface area contributed by atoms with E-state index in [1.807, 2.05) is 6.92 Å². The molecule has 0 fully saturated rings. The molecule has 0 aromatic carbocycles. The Morgan fingerprint density at radius 2 is 2.00 bits per heavy atom. The fourth-order valence-electron chi connectivity index (χ4n) is 1.04. The smallest absolute Gasteiger partial charge is 0.148 e. The molecule has 0 aliphatic carbocycles. The van der Waals surface area contributed by atoms with Gasteiger partial charge in [0.2, 0.25) is 0 Å². The van der Waals surface area contributed by atoms with Crippen LogP contribution < -0.4 is 5.32 Å². The van der Waals surface area contributed by atoms with Crippen LogP contribution in [0.1, 0.15) is 26.7 Å². The largest absolute Gasteiger partial charge is 0.313 e. The van der Waals surface area contributed by atoms with Crippen molar-refractivity contribution >= 4 is 9.84 Å². The third-order valence-corrected chi connectivity index (χ3v) is 2.68. The second kappa shape index (κ2) is 5.54. The summed E-state index contributed by atoms with van der Waals surface area (Å²) in [6, 6.07) is 0.0755. The summed E-state index contributed by atoms with van der Waals surface area (Å²) in [4.78, 5) is 0. The lowest BCUT2D eigenvalue weighted by atomic mass is 10.3. The van der Waals surface area contributed by atoms with Crippen molar-refractivity contribution < 1.29 is 8.42 Å². The van der Waals surface area contributed by atoms with Crippen LogP contribution in [0.4, 0.5) is 0 Å². The Morgan fingerprint density at radius 1 is 1.42 bits per heavy atom. The Morgan fingerprint density at radius 3 is 2.42 bits per heavy atom. The van der Waals surface area contributed by atoms with Crippen molar-refractivity contribution in [2.24, 2.45) is 0 Å². The van der Waals surface area contributed by atoms with E-state index in [9.17, 15) is 8.42 Å². The molecule has 0 aliphatic heterocycles. The molecular formula is C8H19NO2S. The third kappa shape index (κ3) is 8.01. The first-order valence-electron chi connectivity index (χ1n) is 4.37. The Kier molecular flexibility index (Phi) is 5.50. The van der Waals surface area contributed by atoms with Crippen LogP contribution in [-0.2, 0) is 9.84 Å². The molecule has 0 aromatic heterocycles. The van der Waals surface area contributed by atoms with Gasteiger partial charge >= 0.3 is 0 Å². The predicted molar refractivity (Wildman–Crippen MR) is 52.1 cm³/mol. The fraction of sp³-hybridized carbons (Fsp3) is 1.00. The summed E-state index contributed by atoms with van der Waals surface area (Å²) < 4.78 is 21.7. The van der Waals surface area contributed by atoms with Crippen LogP contribution in [0.2, 0.25) is 0 Å². The maximum Gasteiger partial charge on any atom is 0.148 e. The zero-order chi connectivity index (χ0) is 9.61. The lowest BCUT2D eigenvalue weighted by Gasteiger charge is -2.11. The van der Waals surface area contributed by atoms with Crippen LogP contribution in [-0.4, -0.2) is 33.0 Å². The van der Waals surface area contributed by atoms with Gasteiger partial charge in [-0.3, -0.25) is 0 Å². The van der Waals surface area contributed by atoms with Gasteiger partial charge in [-0.25, -0.2) is 8.42 Å². The van der Waals surface area contributed by atoms with Gasteiger partial charge in [-0.05, 0) is 19.9 Å². The summed E-state index contributed by atoms with van der Waals surface area (Å²) in [5.74, 6) is 0.233. The number of unbranched alkanes of at least 4 members (excludes halogenated alkanes) is 1. The molecule has 1 unspecified atom stereocenters. The van der Waals surface area contributed by atoms with Crippen LogP contribution >= 0.6 is 0 Å². The van der Waals surface area contributed by atoms with E-state index in [2.05, 4.69) is 12.2 Å². The third-order valence-electron chi connectivity index (χ3n) is 1.58.